The minimum absolute atomic E-state index is 0.000760. The van der Waals surface area contributed by atoms with Crippen molar-refractivity contribution < 1.29 is 25.0 Å². The number of nitrogens with one attached hydrogen (secondary N) is 1. The van der Waals surface area contributed by atoms with Gasteiger partial charge in [-0.25, -0.2) is 0 Å². The Kier molecular flexibility index (Phi) is 7.45. The van der Waals surface area contributed by atoms with Crippen molar-refractivity contribution in [1.29, 1.82) is 0 Å². The van der Waals surface area contributed by atoms with E-state index in [1.165, 1.54) is 0 Å². The van der Waals surface area contributed by atoms with Gasteiger partial charge in [0.2, 0.25) is 0 Å². The van der Waals surface area contributed by atoms with Crippen LogP contribution >= 0.6 is 0 Å². The van der Waals surface area contributed by atoms with Crippen LogP contribution in [-0.2, 0) is 6.54 Å². The number of fused-ring (bicyclic) bond motifs is 1. The summed E-state index contributed by atoms with van der Waals surface area (Å²) in [5.41, 5.74) is 1.08. The molecule has 6 heteroatoms. The highest BCUT2D eigenvalue weighted by Gasteiger charge is 2.20. The van der Waals surface area contributed by atoms with Gasteiger partial charge in [-0.05, 0) is 29.7 Å². The second kappa shape index (κ2) is 10.2. The van der Waals surface area contributed by atoms with Crippen molar-refractivity contribution in [3.8, 4) is 5.75 Å². The summed E-state index contributed by atoms with van der Waals surface area (Å²) in [4.78, 5) is 0.940. The van der Waals surface area contributed by atoms with Crippen LogP contribution in [0.3, 0.4) is 0 Å². The zero-order chi connectivity index (χ0) is 19.8. The number of aromatic nitrogens is 1. The Balaban J connectivity index is 1.51. The van der Waals surface area contributed by atoms with Crippen LogP contribution in [0, 0.1) is 0 Å². The van der Waals surface area contributed by atoms with Crippen LogP contribution in [0.5, 0.6) is 5.75 Å². The predicted molar refractivity (Wildman–Crippen MR) is 109 cm³/mol. The highest BCUT2D eigenvalue weighted by atomic mass is 16.5. The molecular weight excluding hydrogens is 356 g/mol. The predicted octanol–water partition coefficient (Wildman–Crippen LogP) is 0.319. The molecule has 0 saturated carbocycles. The lowest BCUT2D eigenvalue weighted by Crippen LogP contribution is -3.14. The molecule has 1 heterocycles. The fraction of sp³-hybridized carbons (Fsp3) is 0.364. The lowest BCUT2D eigenvalue weighted by atomic mass is 10.2. The highest BCUT2D eigenvalue weighted by Crippen LogP contribution is 2.15. The zero-order valence-electron chi connectivity index (χ0n) is 15.9. The fourth-order valence-corrected chi connectivity index (χ4v) is 3.47. The third kappa shape index (κ3) is 5.81. The van der Waals surface area contributed by atoms with E-state index in [2.05, 4.69) is 0 Å². The number of aliphatic hydroxyl groups is 3. The van der Waals surface area contributed by atoms with Gasteiger partial charge in [0, 0.05) is 11.7 Å². The van der Waals surface area contributed by atoms with Gasteiger partial charge in [0.1, 0.15) is 44.2 Å². The van der Waals surface area contributed by atoms with E-state index < -0.39 is 12.2 Å². The van der Waals surface area contributed by atoms with Gasteiger partial charge in [-0.1, -0.05) is 36.4 Å². The minimum Gasteiger partial charge on any atom is -0.491 e. The molecule has 0 saturated heterocycles. The third-order valence-corrected chi connectivity index (χ3v) is 4.79. The number of nitrogens with zero attached hydrogens (tertiary/aromatic N) is 1. The van der Waals surface area contributed by atoms with Crippen LogP contribution < -0.4 is 9.64 Å². The molecule has 3 rings (SSSR count). The number of benzene rings is 2. The van der Waals surface area contributed by atoms with Gasteiger partial charge in [-0.2, -0.15) is 0 Å². The van der Waals surface area contributed by atoms with Crippen molar-refractivity contribution in [2.24, 2.45) is 0 Å². The Morgan fingerprint density at radius 2 is 1.61 bits per heavy atom. The average molecular weight is 385 g/mol. The smallest absolute Gasteiger partial charge is 0.137 e. The van der Waals surface area contributed by atoms with Crippen molar-refractivity contribution in [1.82, 2.24) is 4.57 Å². The van der Waals surface area contributed by atoms with Gasteiger partial charge in [0.25, 0.3) is 0 Å². The summed E-state index contributed by atoms with van der Waals surface area (Å²) in [5, 5.41) is 31.4. The highest BCUT2D eigenvalue weighted by molar-refractivity contribution is 5.79. The number of para-hydroxylation sites is 2. The number of aliphatic hydroxyl groups excluding tert-OH is 3. The van der Waals surface area contributed by atoms with E-state index in [1.807, 2.05) is 71.4 Å². The largest absolute Gasteiger partial charge is 0.491 e. The molecule has 1 aromatic heterocycles. The lowest BCUT2D eigenvalue weighted by molar-refractivity contribution is -0.906. The topological polar surface area (TPSA) is 79.3 Å². The first-order chi connectivity index (χ1) is 13.7. The molecule has 2 aromatic carbocycles. The van der Waals surface area contributed by atoms with Crippen LogP contribution in [0.1, 0.15) is 0 Å². The number of hydrogen-bond acceptors (Lipinski definition) is 4. The standard InChI is InChI=1S/C22H28N2O4/c25-13-12-23(15-20(27)17-28-21-7-2-1-3-8-21)14-19(26)16-24-11-10-18-6-4-5-9-22(18)24/h1-11,19-20,25-27H,12-17H2/p+1/t19-,20-/m0/s1. The molecule has 28 heavy (non-hydrogen) atoms. The molecule has 0 radical (unpaired) electrons. The van der Waals surface area contributed by atoms with Gasteiger partial charge < -0.3 is 29.5 Å². The monoisotopic (exact) mass is 385 g/mol. The molecule has 0 aliphatic carbocycles. The summed E-state index contributed by atoms with van der Waals surface area (Å²) < 4.78 is 7.63. The quantitative estimate of drug-likeness (QED) is 0.383. The van der Waals surface area contributed by atoms with E-state index in [1.54, 1.807) is 0 Å². The van der Waals surface area contributed by atoms with Gasteiger partial charge >= 0.3 is 0 Å². The molecule has 1 unspecified atom stereocenters. The number of hydrogen-bond donors (Lipinski definition) is 4. The molecule has 0 spiro atoms. The van der Waals surface area contributed by atoms with Crippen molar-refractivity contribution >= 4 is 10.9 Å². The molecule has 3 atom stereocenters. The number of rotatable bonds is 11. The van der Waals surface area contributed by atoms with Crippen LogP contribution in [0.25, 0.3) is 10.9 Å². The first-order valence-corrected chi connectivity index (χ1v) is 9.68. The van der Waals surface area contributed by atoms with E-state index in [0.717, 1.165) is 15.8 Å². The molecule has 150 valence electrons. The van der Waals surface area contributed by atoms with Crippen LogP contribution in [0.15, 0.2) is 66.9 Å². The molecule has 0 aliphatic rings. The average Bonchev–Trinajstić information content (AvgIpc) is 3.10. The molecule has 0 amide bonds. The third-order valence-electron chi connectivity index (χ3n) is 4.79. The summed E-state index contributed by atoms with van der Waals surface area (Å²) in [5.74, 6) is 0.713. The van der Waals surface area contributed by atoms with Gasteiger partial charge in [-0.15, -0.1) is 0 Å². The number of quaternary nitrogens is 1. The maximum Gasteiger partial charge on any atom is 0.137 e. The number of ether oxygens (including phenoxy) is 1. The maximum absolute atomic E-state index is 10.6. The van der Waals surface area contributed by atoms with Gasteiger partial charge in [0.05, 0.1) is 13.2 Å². The SMILES string of the molecule is OCC[NH+](C[C@H](O)COc1ccccc1)C[C@H](O)Cn1ccc2ccccc21. The second-order valence-electron chi connectivity index (χ2n) is 7.09. The van der Waals surface area contributed by atoms with Gasteiger partial charge in [-0.3, -0.25) is 0 Å². The zero-order valence-corrected chi connectivity index (χ0v) is 15.9. The maximum atomic E-state index is 10.6. The van der Waals surface area contributed by atoms with E-state index in [-0.39, 0.29) is 13.2 Å². The first kappa shape index (κ1) is 20.4. The van der Waals surface area contributed by atoms with Crippen LogP contribution in [-0.4, -0.2) is 64.9 Å². The van der Waals surface area contributed by atoms with Crippen molar-refractivity contribution in [2.75, 3.05) is 32.8 Å². The second-order valence-corrected chi connectivity index (χ2v) is 7.09. The Morgan fingerprint density at radius 1 is 0.893 bits per heavy atom. The summed E-state index contributed by atoms with van der Waals surface area (Å²) in [6, 6.07) is 19.4. The Hall–Kier alpha value is -2.38. The normalized spacial score (nSPS) is 14.7. The van der Waals surface area contributed by atoms with Crippen molar-refractivity contribution in [3.63, 3.8) is 0 Å². The lowest BCUT2D eigenvalue weighted by Gasteiger charge is -2.24. The summed E-state index contributed by atoms with van der Waals surface area (Å²) >= 11 is 0. The summed E-state index contributed by atoms with van der Waals surface area (Å²) in [7, 11) is 0. The van der Waals surface area contributed by atoms with Gasteiger partial charge in [0.15, 0.2) is 0 Å². The molecule has 4 N–H and O–H groups in total. The van der Waals surface area contributed by atoms with E-state index in [0.29, 0.717) is 31.9 Å². The molecule has 6 nitrogen and oxygen atoms in total. The molecule has 0 aliphatic heterocycles. The van der Waals surface area contributed by atoms with E-state index in [9.17, 15) is 15.3 Å². The van der Waals surface area contributed by atoms with E-state index >= 15 is 0 Å². The van der Waals surface area contributed by atoms with Crippen molar-refractivity contribution in [2.45, 2.75) is 18.8 Å². The molecule has 3 aromatic rings. The molecular formula is C22H29N2O4+. The Bertz CT molecular complexity index is 837. The Morgan fingerprint density at radius 3 is 2.39 bits per heavy atom. The van der Waals surface area contributed by atoms with Crippen molar-refractivity contribution in [3.05, 3.63) is 66.9 Å². The Labute approximate surface area is 165 Å². The first-order valence-electron chi connectivity index (χ1n) is 9.68. The van der Waals surface area contributed by atoms with E-state index in [4.69, 9.17) is 4.74 Å². The minimum atomic E-state index is -0.679. The summed E-state index contributed by atoms with van der Waals surface area (Å²) in [6.45, 7) is 1.95. The van der Waals surface area contributed by atoms with Crippen LogP contribution in [0.2, 0.25) is 0 Å². The fourth-order valence-electron chi connectivity index (χ4n) is 3.47. The summed E-state index contributed by atoms with van der Waals surface area (Å²) in [6.07, 6.45) is 0.711. The molecule has 0 fully saturated rings. The molecule has 0 bridgehead atoms. The van der Waals surface area contributed by atoms with Crippen LogP contribution in [0.4, 0.5) is 0 Å².